The molecule has 1 heterocycles. The molecule has 0 saturated heterocycles. The molecule has 2 rings (SSSR count). The van der Waals surface area contributed by atoms with Gasteiger partial charge in [-0.15, -0.1) is 0 Å². The second-order valence-electron chi connectivity index (χ2n) is 6.93. The van der Waals surface area contributed by atoms with E-state index in [9.17, 15) is 19.2 Å². The standard InChI is InChI=1S/C17H24N2O6/c1-9(2)11-5-4-10(3)6-13(11)25-15(21)8-24-16(22)12-7-14(20)19-17(23)18-12/h7,9-11,13H,4-6,8H2,1-3H3,(H2,18,19,20,23)/t10-,11-,13+/m1/s1. The summed E-state index contributed by atoms with van der Waals surface area (Å²) in [6.07, 6.45) is 2.73. The summed E-state index contributed by atoms with van der Waals surface area (Å²) < 4.78 is 10.3. The van der Waals surface area contributed by atoms with Gasteiger partial charge in [0, 0.05) is 6.07 Å². The van der Waals surface area contributed by atoms with Crippen LogP contribution in [0, 0.1) is 17.8 Å². The molecule has 0 aromatic carbocycles. The zero-order valence-corrected chi connectivity index (χ0v) is 14.7. The molecule has 1 saturated carbocycles. The van der Waals surface area contributed by atoms with E-state index in [1.807, 2.05) is 4.98 Å². The normalized spacial score (nSPS) is 23.3. The van der Waals surface area contributed by atoms with Crippen LogP contribution >= 0.6 is 0 Å². The number of carbonyl (C=O) groups is 2. The van der Waals surface area contributed by atoms with E-state index >= 15 is 0 Å². The molecule has 0 aliphatic heterocycles. The Labute approximate surface area is 144 Å². The molecular formula is C17H24N2O6. The summed E-state index contributed by atoms with van der Waals surface area (Å²) in [5.74, 6) is -0.423. The number of H-pyrrole nitrogens is 2. The predicted molar refractivity (Wildman–Crippen MR) is 89.2 cm³/mol. The van der Waals surface area contributed by atoms with Crippen molar-refractivity contribution >= 4 is 11.9 Å². The van der Waals surface area contributed by atoms with Crippen LogP contribution in [0.3, 0.4) is 0 Å². The second-order valence-corrected chi connectivity index (χ2v) is 6.93. The van der Waals surface area contributed by atoms with Crippen molar-refractivity contribution in [1.29, 1.82) is 0 Å². The maximum absolute atomic E-state index is 12.0. The first-order valence-corrected chi connectivity index (χ1v) is 8.46. The van der Waals surface area contributed by atoms with Gasteiger partial charge in [0.15, 0.2) is 6.61 Å². The monoisotopic (exact) mass is 352 g/mol. The molecule has 0 amide bonds. The topological polar surface area (TPSA) is 118 Å². The molecule has 3 atom stereocenters. The van der Waals surface area contributed by atoms with Crippen LogP contribution < -0.4 is 11.2 Å². The number of esters is 2. The van der Waals surface area contributed by atoms with E-state index in [-0.39, 0.29) is 11.8 Å². The Bertz CT molecular complexity index is 707. The van der Waals surface area contributed by atoms with Gasteiger partial charge in [0.05, 0.1) is 0 Å². The molecule has 25 heavy (non-hydrogen) atoms. The number of rotatable bonds is 5. The highest BCUT2D eigenvalue weighted by Gasteiger charge is 2.33. The molecule has 1 aromatic rings. The van der Waals surface area contributed by atoms with Crippen LogP contribution in [0.2, 0.25) is 0 Å². The number of aromatic nitrogens is 2. The Balaban J connectivity index is 1.92. The summed E-state index contributed by atoms with van der Waals surface area (Å²) in [7, 11) is 0. The van der Waals surface area contributed by atoms with Crippen molar-refractivity contribution in [3.8, 4) is 0 Å². The Morgan fingerprint density at radius 3 is 2.60 bits per heavy atom. The molecule has 1 aromatic heterocycles. The molecular weight excluding hydrogens is 328 g/mol. The van der Waals surface area contributed by atoms with Crippen molar-refractivity contribution in [3.63, 3.8) is 0 Å². The maximum Gasteiger partial charge on any atom is 0.355 e. The average Bonchev–Trinajstić information content (AvgIpc) is 2.51. The lowest BCUT2D eigenvalue weighted by Gasteiger charge is -2.36. The fourth-order valence-corrected chi connectivity index (χ4v) is 3.23. The van der Waals surface area contributed by atoms with Gasteiger partial charge in [-0.05, 0) is 30.6 Å². The minimum absolute atomic E-state index is 0.186. The maximum atomic E-state index is 12.0. The Hall–Kier alpha value is -2.38. The molecule has 1 aliphatic rings. The van der Waals surface area contributed by atoms with Crippen molar-refractivity contribution < 1.29 is 19.1 Å². The first kappa shape index (κ1) is 19.0. The number of hydrogen-bond acceptors (Lipinski definition) is 6. The number of aromatic amines is 2. The van der Waals surface area contributed by atoms with E-state index in [0.29, 0.717) is 17.8 Å². The van der Waals surface area contributed by atoms with E-state index in [1.54, 1.807) is 0 Å². The van der Waals surface area contributed by atoms with Gasteiger partial charge in [0.1, 0.15) is 11.8 Å². The minimum atomic E-state index is -0.961. The van der Waals surface area contributed by atoms with E-state index in [2.05, 4.69) is 25.8 Å². The van der Waals surface area contributed by atoms with Crippen molar-refractivity contribution in [2.75, 3.05) is 6.61 Å². The zero-order chi connectivity index (χ0) is 18.6. The fourth-order valence-electron chi connectivity index (χ4n) is 3.23. The highest BCUT2D eigenvalue weighted by molar-refractivity contribution is 5.88. The van der Waals surface area contributed by atoms with Crippen LogP contribution in [0.15, 0.2) is 15.7 Å². The smallest absolute Gasteiger partial charge is 0.355 e. The van der Waals surface area contributed by atoms with Gasteiger partial charge >= 0.3 is 17.6 Å². The molecule has 8 nitrogen and oxygen atoms in total. The van der Waals surface area contributed by atoms with E-state index in [1.165, 1.54) is 0 Å². The lowest BCUT2D eigenvalue weighted by Crippen LogP contribution is -2.37. The van der Waals surface area contributed by atoms with Gasteiger partial charge in [-0.3, -0.25) is 9.78 Å². The van der Waals surface area contributed by atoms with Gasteiger partial charge in [0.2, 0.25) is 0 Å². The van der Waals surface area contributed by atoms with E-state index < -0.39 is 29.8 Å². The summed E-state index contributed by atoms with van der Waals surface area (Å²) in [4.78, 5) is 50.2. The third-order valence-corrected chi connectivity index (χ3v) is 4.55. The summed E-state index contributed by atoms with van der Waals surface area (Å²) >= 11 is 0. The summed E-state index contributed by atoms with van der Waals surface area (Å²) in [6, 6.07) is 0.896. The lowest BCUT2D eigenvalue weighted by atomic mass is 9.75. The van der Waals surface area contributed by atoms with Crippen LogP contribution in [0.1, 0.15) is 50.5 Å². The van der Waals surface area contributed by atoms with Gasteiger partial charge in [0.25, 0.3) is 5.56 Å². The highest BCUT2D eigenvalue weighted by Crippen LogP contribution is 2.35. The van der Waals surface area contributed by atoms with Crippen LogP contribution in [0.25, 0.3) is 0 Å². The second kappa shape index (κ2) is 8.13. The highest BCUT2D eigenvalue weighted by atomic mass is 16.6. The van der Waals surface area contributed by atoms with E-state index in [4.69, 9.17) is 9.47 Å². The quantitative estimate of drug-likeness (QED) is 0.769. The first-order chi connectivity index (χ1) is 11.8. The number of hydrogen-bond donors (Lipinski definition) is 2. The predicted octanol–water partition coefficient (Wildman–Crippen LogP) is 1.22. The van der Waals surface area contributed by atoms with Crippen LogP contribution in [-0.2, 0) is 14.3 Å². The zero-order valence-electron chi connectivity index (χ0n) is 14.7. The van der Waals surface area contributed by atoms with Gasteiger partial charge in [-0.1, -0.05) is 27.2 Å². The van der Waals surface area contributed by atoms with Gasteiger partial charge < -0.3 is 14.5 Å². The molecule has 0 unspecified atom stereocenters. The van der Waals surface area contributed by atoms with Crippen LogP contribution in [-0.4, -0.2) is 34.6 Å². The molecule has 138 valence electrons. The van der Waals surface area contributed by atoms with Crippen molar-refractivity contribution in [1.82, 2.24) is 9.97 Å². The molecule has 1 fully saturated rings. The molecule has 8 heteroatoms. The molecule has 2 N–H and O–H groups in total. The van der Waals surface area contributed by atoms with Crippen molar-refractivity contribution in [2.24, 2.45) is 17.8 Å². The molecule has 0 spiro atoms. The Kier molecular flexibility index (Phi) is 6.17. The third-order valence-electron chi connectivity index (χ3n) is 4.55. The van der Waals surface area contributed by atoms with Crippen LogP contribution in [0.4, 0.5) is 0 Å². The summed E-state index contributed by atoms with van der Waals surface area (Å²) in [5, 5.41) is 0. The van der Waals surface area contributed by atoms with Crippen LogP contribution in [0.5, 0.6) is 0 Å². The summed E-state index contributed by atoms with van der Waals surface area (Å²) in [6.45, 7) is 5.76. The molecule has 0 bridgehead atoms. The van der Waals surface area contributed by atoms with Crippen molar-refractivity contribution in [2.45, 2.75) is 46.1 Å². The molecule has 0 radical (unpaired) electrons. The number of carbonyl (C=O) groups excluding carboxylic acids is 2. The SMILES string of the molecule is CC(C)[C@H]1CC[C@@H](C)C[C@@H]1OC(=O)COC(=O)c1cc(=O)[nH]c(=O)[nH]1. The van der Waals surface area contributed by atoms with Gasteiger partial charge in [-0.2, -0.15) is 0 Å². The minimum Gasteiger partial charge on any atom is -0.460 e. The largest absolute Gasteiger partial charge is 0.460 e. The average molecular weight is 352 g/mol. The molecule has 1 aliphatic carbocycles. The van der Waals surface area contributed by atoms with Crippen molar-refractivity contribution in [3.05, 3.63) is 32.6 Å². The number of nitrogens with one attached hydrogen (secondary N) is 2. The summed E-state index contributed by atoms with van der Waals surface area (Å²) in [5.41, 5.74) is -1.86. The fraction of sp³-hybridized carbons (Fsp3) is 0.647. The third kappa shape index (κ3) is 5.30. The van der Waals surface area contributed by atoms with Gasteiger partial charge in [-0.25, -0.2) is 14.4 Å². The first-order valence-electron chi connectivity index (χ1n) is 8.46. The lowest BCUT2D eigenvalue weighted by molar-refractivity contribution is -0.159. The van der Waals surface area contributed by atoms with E-state index in [0.717, 1.165) is 25.3 Å². The number of ether oxygens (including phenoxy) is 2. The Morgan fingerprint density at radius 2 is 1.96 bits per heavy atom. The Morgan fingerprint density at radius 1 is 1.24 bits per heavy atom.